The standard InChI is InChI=1S/C14H16Cl2N2O3/c15-11-5-9(7-17-12(11)16)13(19)18-6-8-3-1-2-4-10(8)14(20)21/h5,7-8,10H,1-4,6H2,(H,18,19)(H,20,21). The Balaban J connectivity index is 1.96. The Bertz CT molecular complexity index is 551. The average molecular weight is 331 g/mol. The fourth-order valence-corrected chi connectivity index (χ4v) is 2.92. The van der Waals surface area contributed by atoms with E-state index in [0.717, 1.165) is 19.3 Å². The van der Waals surface area contributed by atoms with Crippen molar-refractivity contribution in [1.82, 2.24) is 10.3 Å². The molecule has 0 bridgehead atoms. The summed E-state index contributed by atoms with van der Waals surface area (Å²) in [6, 6.07) is 1.45. The molecule has 2 unspecified atom stereocenters. The third kappa shape index (κ3) is 4.08. The third-order valence-electron chi connectivity index (χ3n) is 3.81. The number of pyridine rings is 1. The molecule has 2 N–H and O–H groups in total. The van der Waals surface area contributed by atoms with Crippen molar-refractivity contribution < 1.29 is 14.7 Å². The van der Waals surface area contributed by atoms with Crippen molar-refractivity contribution in [3.63, 3.8) is 0 Å². The van der Waals surface area contributed by atoms with Crippen molar-refractivity contribution >= 4 is 35.1 Å². The summed E-state index contributed by atoms with van der Waals surface area (Å²) in [5.74, 6) is -1.53. The number of carboxylic acid groups (broad SMARTS) is 1. The first-order chi connectivity index (χ1) is 9.99. The number of rotatable bonds is 4. The van der Waals surface area contributed by atoms with Crippen molar-refractivity contribution in [2.24, 2.45) is 11.8 Å². The van der Waals surface area contributed by atoms with Crippen LogP contribution in [0, 0.1) is 11.8 Å². The lowest BCUT2D eigenvalue weighted by Crippen LogP contribution is -2.37. The van der Waals surface area contributed by atoms with E-state index in [-0.39, 0.29) is 27.9 Å². The first-order valence-electron chi connectivity index (χ1n) is 6.81. The molecule has 0 radical (unpaired) electrons. The van der Waals surface area contributed by atoms with Crippen LogP contribution in [0.4, 0.5) is 0 Å². The first kappa shape index (κ1) is 16.0. The molecule has 1 amide bonds. The van der Waals surface area contributed by atoms with Crippen molar-refractivity contribution in [3.05, 3.63) is 28.0 Å². The Morgan fingerprint density at radius 2 is 2.05 bits per heavy atom. The van der Waals surface area contributed by atoms with E-state index < -0.39 is 5.97 Å². The van der Waals surface area contributed by atoms with Gasteiger partial charge in [-0.1, -0.05) is 36.0 Å². The Kier molecular flexibility index (Phi) is 5.42. The predicted octanol–water partition coefficient (Wildman–Crippen LogP) is 3.01. The molecule has 21 heavy (non-hydrogen) atoms. The lowest BCUT2D eigenvalue weighted by molar-refractivity contribution is -0.144. The number of hydrogen-bond donors (Lipinski definition) is 2. The van der Waals surface area contributed by atoms with Crippen LogP contribution in [0.15, 0.2) is 12.3 Å². The van der Waals surface area contributed by atoms with Gasteiger partial charge in [-0.15, -0.1) is 0 Å². The predicted molar refractivity (Wildman–Crippen MR) is 79.7 cm³/mol. The maximum atomic E-state index is 12.0. The molecule has 1 heterocycles. The smallest absolute Gasteiger partial charge is 0.306 e. The molecule has 114 valence electrons. The van der Waals surface area contributed by atoms with Gasteiger partial charge in [-0.05, 0) is 24.8 Å². The number of carbonyl (C=O) groups is 2. The second-order valence-electron chi connectivity index (χ2n) is 5.20. The molecule has 2 rings (SSSR count). The van der Waals surface area contributed by atoms with Gasteiger partial charge < -0.3 is 10.4 Å². The number of carboxylic acids is 1. The number of carbonyl (C=O) groups excluding carboxylic acids is 1. The molecule has 0 aliphatic heterocycles. The van der Waals surface area contributed by atoms with E-state index in [1.807, 2.05) is 0 Å². The van der Waals surface area contributed by atoms with Gasteiger partial charge >= 0.3 is 5.97 Å². The minimum absolute atomic E-state index is 0.0315. The van der Waals surface area contributed by atoms with Crippen LogP contribution >= 0.6 is 23.2 Å². The molecule has 0 aromatic carbocycles. The number of halogens is 2. The lowest BCUT2D eigenvalue weighted by Gasteiger charge is -2.28. The van der Waals surface area contributed by atoms with E-state index in [1.165, 1.54) is 12.3 Å². The summed E-state index contributed by atoms with van der Waals surface area (Å²) in [7, 11) is 0. The highest BCUT2D eigenvalue weighted by molar-refractivity contribution is 6.41. The molecule has 0 saturated heterocycles. The normalized spacial score (nSPS) is 21.8. The van der Waals surface area contributed by atoms with E-state index in [4.69, 9.17) is 23.2 Å². The number of aromatic nitrogens is 1. The monoisotopic (exact) mass is 330 g/mol. The van der Waals surface area contributed by atoms with E-state index >= 15 is 0 Å². The van der Waals surface area contributed by atoms with Crippen LogP contribution < -0.4 is 5.32 Å². The van der Waals surface area contributed by atoms with Crippen LogP contribution in [0.3, 0.4) is 0 Å². The largest absolute Gasteiger partial charge is 0.481 e. The fourth-order valence-electron chi connectivity index (χ4n) is 2.65. The van der Waals surface area contributed by atoms with Gasteiger partial charge in [0.05, 0.1) is 16.5 Å². The van der Waals surface area contributed by atoms with Gasteiger partial charge in [-0.25, -0.2) is 4.98 Å². The lowest BCUT2D eigenvalue weighted by atomic mass is 9.79. The van der Waals surface area contributed by atoms with E-state index in [2.05, 4.69) is 10.3 Å². The number of hydrogen-bond acceptors (Lipinski definition) is 3. The third-order valence-corrected chi connectivity index (χ3v) is 4.50. The minimum atomic E-state index is -0.787. The van der Waals surface area contributed by atoms with Gasteiger partial charge in [0.15, 0.2) is 0 Å². The molecule has 2 atom stereocenters. The Morgan fingerprint density at radius 1 is 1.33 bits per heavy atom. The molecular weight excluding hydrogens is 315 g/mol. The number of nitrogens with one attached hydrogen (secondary N) is 1. The topological polar surface area (TPSA) is 79.3 Å². The maximum absolute atomic E-state index is 12.0. The van der Waals surface area contributed by atoms with Crippen LogP contribution in [0.25, 0.3) is 0 Å². The zero-order chi connectivity index (χ0) is 15.4. The number of aliphatic carboxylic acids is 1. The zero-order valence-electron chi connectivity index (χ0n) is 11.3. The number of amides is 1. The maximum Gasteiger partial charge on any atom is 0.306 e. The van der Waals surface area contributed by atoms with Gasteiger partial charge in [0.25, 0.3) is 5.91 Å². The average Bonchev–Trinajstić information content (AvgIpc) is 2.47. The van der Waals surface area contributed by atoms with Gasteiger partial charge in [-0.3, -0.25) is 9.59 Å². The Labute approximate surface area is 132 Å². The molecule has 1 aliphatic carbocycles. The van der Waals surface area contributed by atoms with Crippen molar-refractivity contribution in [2.45, 2.75) is 25.7 Å². The van der Waals surface area contributed by atoms with Crippen molar-refractivity contribution in [3.8, 4) is 0 Å². The molecule has 7 heteroatoms. The van der Waals surface area contributed by atoms with Gasteiger partial charge in [-0.2, -0.15) is 0 Å². The summed E-state index contributed by atoms with van der Waals surface area (Å²) in [5, 5.41) is 12.3. The molecule has 1 saturated carbocycles. The molecule has 1 aliphatic rings. The quantitative estimate of drug-likeness (QED) is 0.831. The molecular formula is C14H16Cl2N2O3. The number of nitrogens with zero attached hydrogens (tertiary/aromatic N) is 1. The second-order valence-corrected chi connectivity index (χ2v) is 5.96. The second kappa shape index (κ2) is 7.09. The highest BCUT2D eigenvalue weighted by Crippen LogP contribution is 2.29. The highest BCUT2D eigenvalue weighted by atomic mass is 35.5. The summed E-state index contributed by atoms with van der Waals surface area (Å²) in [6.45, 7) is 0.343. The van der Waals surface area contributed by atoms with Gasteiger partial charge in [0, 0.05) is 12.7 Å². The van der Waals surface area contributed by atoms with Crippen molar-refractivity contribution in [1.29, 1.82) is 0 Å². The van der Waals surface area contributed by atoms with Crippen LogP contribution in [-0.2, 0) is 4.79 Å². The SMILES string of the molecule is O=C(NCC1CCCCC1C(=O)O)c1cnc(Cl)c(Cl)c1. The Morgan fingerprint density at radius 3 is 2.71 bits per heavy atom. The first-order valence-corrected chi connectivity index (χ1v) is 7.56. The Hall–Kier alpha value is -1.33. The molecule has 1 fully saturated rings. The summed E-state index contributed by atoms with van der Waals surface area (Å²) >= 11 is 11.5. The van der Waals surface area contributed by atoms with Crippen LogP contribution in [0.5, 0.6) is 0 Å². The molecule has 0 spiro atoms. The van der Waals surface area contributed by atoms with Crippen LogP contribution in [0.1, 0.15) is 36.0 Å². The van der Waals surface area contributed by atoms with Gasteiger partial charge in [0.1, 0.15) is 5.15 Å². The molecule has 5 nitrogen and oxygen atoms in total. The van der Waals surface area contributed by atoms with Crippen LogP contribution in [0.2, 0.25) is 10.2 Å². The van der Waals surface area contributed by atoms with E-state index in [0.29, 0.717) is 18.5 Å². The summed E-state index contributed by atoms with van der Waals surface area (Å²) < 4.78 is 0. The summed E-state index contributed by atoms with van der Waals surface area (Å²) in [4.78, 5) is 27.1. The van der Waals surface area contributed by atoms with Crippen LogP contribution in [-0.4, -0.2) is 28.5 Å². The van der Waals surface area contributed by atoms with Crippen molar-refractivity contribution in [2.75, 3.05) is 6.54 Å². The molecule has 1 aromatic rings. The summed E-state index contributed by atoms with van der Waals surface area (Å²) in [5.41, 5.74) is 0.312. The van der Waals surface area contributed by atoms with Gasteiger partial charge in [0.2, 0.25) is 0 Å². The summed E-state index contributed by atoms with van der Waals surface area (Å²) in [6.07, 6.45) is 4.76. The highest BCUT2D eigenvalue weighted by Gasteiger charge is 2.30. The minimum Gasteiger partial charge on any atom is -0.481 e. The van der Waals surface area contributed by atoms with E-state index in [1.54, 1.807) is 0 Å². The zero-order valence-corrected chi connectivity index (χ0v) is 12.8. The molecule has 1 aromatic heterocycles. The fraction of sp³-hybridized carbons (Fsp3) is 0.500. The van der Waals surface area contributed by atoms with E-state index in [9.17, 15) is 14.7 Å².